The van der Waals surface area contributed by atoms with E-state index >= 15 is 0 Å². The van der Waals surface area contributed by atoms with Gasteiger partial charge in [0.05, 0.1) is 16.0 Å². The SMILES string of the molecule is O=C(O)c1ccc(S(=O)(=O)NC2(c3ccccc3)CC2)cc1. The minimum atomic E-state index is -3.69. The molecule has 0 spiro atoms. The highest BCUT2D eigenvalue weighted by atomic mass is 32.2. The molecule has 2 N–H and O–H groups in total. The smallest absolute Gasteiger partial charge is 0.335 e. The van der Waals surface area contributed by atoms with Gasteiger partial charge in [0, 0.05) is 0 Å². The molecule has 1 aliphatic carbocycles. The second kappa shape index (κ2) is 5.23. The maximum absolute atomic E-state index is 12.5. The summed E-state index contributed by atoms with van der Waals surface area (Å²) in [5.41, 5.74) is 0.467. The third-order valence-electron chi connectivity index (χ3n) is 3.82. The molecule has 1 aliphatic rings. The van der Waals surface area contributed by atoms with Gasteiger partial charge in [0.25, 0.3) is 0 Å². The number of aromatic carboxylic acids is 1. The average molecular weight is 317 g/mol. The lowest BCUT2D eigenvalue weighted by atomic mass is 10.1. The molecule has 2 aromatic rings. The van der Waals surface area contributed by atoms with Crippen LogP contribution in [-0.2, 0) is 15.6 Å². The fourth-order valence-electron chi connectivity index (χ4n) is 2.42. The van der Waals surface area contributed by atoms with Crippen molar-refractivity contribution in [2.75, 3.05) is 0 Å². The molecule has 2 aromatic carbocycles. The van der Waals surface area contributed by atoms with Gasteiger partial charge in [-0.25, -0.2) is 17.9 Å². The Bertz CT molecular complexity index is 794. The lowest BCUT2D eigenvalue weighted by Crippen LogP contribution is -2.34. The van der Waals surface area contributed by atoms with Gasteiger partial charge in [-0.3, -0.25) is 0 Å². The summed E-state index contributed by atoms with van der Waals surface area (Å²) in [7, 11) is -3.69. The van der Waals surface area contributed by atoms with Crippen molar-refractivity contribution in [1.29, 1.82) is 0 Å². The van der Waals surface area contributed by atoms with Crippen LogP contribution in [0, 0.1) is 0 Å². The molecule has 0 atom stereocenters. The van der Waals surface area contributed by atoms with E-state index in [1.54, 1.807) is 0 Å². The summed E-state index contributed by atoms with van der Waals surface area (Å²) in [4.78, 5) is 10.9. The first-order chi connectivity index (χ1) is 10.4. The predicted molar refractivity (Wildman–Crippen MR) is 81.1 cm³/mol. The zero-order valence-electron chi connectivity index (χ0n) is 11.7. The summed E-state index contributed by atoms with van der Waals surface area (Å²) in [5, 5.41) is 8.86. The summed E-state index contributed by atoms with van der Waals surface area (Å²) in [5.74, 6) is -1.08. The zero-order valence-corrected chi connectivity index (χ0v) is 12.5. The topological polar surface area (TPSA) is 83.5 Å². The molecular formula is C16H15NO4S. The van der Waals surface area contributed by atoms with Gasteiger partial charge in [-0.1, -0.05) is 30.3 Å². The van der Waals surface area contributed by atoms with E-state index in [-0.39, 0.29) is 10.5 Å². The average Bonchev–Trinajstić information content (AvgIpc) is 3.28. The highest BCUT2D eigenvalue weighted by molar-refractivity contribution is 7.89. The number of benzene rings is 2. The van der Waals surface area contributed by atoms with Crippen LogP contribution < -0.4 is 4.72 Å². The van der Waals surface area contributed by atoms with E-state index in [1.807, 2.05) is 30.3 Å². The number of carbonyl (C=O) groups is 1. The van der Waals surface area contributed by atoms with Crippen molar-refractivity contribution in [3.8, 4) is 0 Å². The van der Waals surface area contributed by atoms with Crippen LogP contribution in [0.5, 0.6) is 0 Å². The van der Waals surface area contributed by atoms with E-state index in [1.165, 1.54) is 24.3 Å². The first-order valence-electron chi connectivity index (χ1n) is 6.86. The minimum Gasteiger partial charge on any atom is -0.478 e. The quantitative estimate of drug-likeness (QED) is 0.886. The normalized spacial score (nSPS) is 16.2. The lowest BCUT2D eigenvalue weighted by Gasteiger charge is -2.18. The van der Waals surface area contributed by atoms with Crippen molar-refractivity contribution >= 4 is 16.0 Å². The van der Waals surface area contributed by atoms with Gasteiger partial charge in [-0.05, 0) is 42.7 Å². The van der Waals surface area contributed by atoms with Crippen LogP contribution in [-0.4, -0.2) is 19.5 Å². The van der Waals surface area contributed by atoms with Crippen molar-refractivity contribution in [3.05, 3.63) is 65.7 Å². The highest BCUT2D eigenvalue weighted by Gasteiger charge is 2.47. The van der Waals surface area contributed by atoms with E-state index in [4.69, 9.17) is 5.11 Å². The van der Waals surface area contributed by atoms with Crippen LogP contribution in [0.2, 0.25) is 0 Å². The Morgan fingerprint density at radius 1 is 1.00 bits per heavy atom. The summed E-state index contributed by atoms with van der Waals surface area (Å²) in [6.45, 7) is 0. The largest absolute Gasteiger partial charge is 0.478 e. The van der Waals surface area contributed by atoms with Crippen molar-refractivity contribution in [2.45, 2.75) is 23.3 Å². The molecule has 1 fully saturated rings. The number of nitrogens with one attached hydrogen (secondary N) is 1. The molecule has 3 rings (SSSR count). The van der Waals surface area contributed by atoms with Gasteiger partial charge in [-0.2, -0.15) is 0 Å². The third-order valence-corrected chi connectivity index (χ3v) is 5.37. The van der Waals surface area contributed by atoms with Gasteiger partial charge < -0.3 is 5.11 Å². The van der Waals surface area contributed by atoms with Crippen LogP contribution in [0.1, 0.15) is 28.8 Å². The zero-order chi connectivity index (χ0) is 15.8. The van der Waals surface area contributed by atoms with E-state index in [9.17, 15) is 13.2 Å². The Labute approximate surface area is 128 Å². The Morgan fingerprint density at radius 3 is 2.09 bits per heavy atom. The Kier molecular flexibility index (Phi) is 3.50. The van der Waals surface area contributed by atoms with E-state index in [2.05, 4.69) is 4.72 Å². The summed E-state index contributed by atoms with van der Waals surface area (Å²) in [6, 6.07) is 14.7. The fourth-order valence-corrected chi connectivity index (χ4v) is 3.87. The molecule has 0 bridgehead atoms. The van der Waals surface area contributed by atoms with Crippen LogP contribution in [0.3, 0.4) is 0 Å². The van der Waals surface area contributed by atoms with Gasteiger partial charge in [-0.15, -0.1) is 0 Å². The molecule has 1 saturated carbocycles. The molecule has 0 amide bonds. The summed E-state index contributed by atoms with van der Waals surface area (Å²) >= 11 is 0. The maximum Gasteiger partial charge on any atom is 0.335 e. The van der Waals surface area contributed by atoms with Crippen molar-refractivity contribution in [2.24, 2.45) is 0 Å². The third kappa shape index (κ3) is 2.75. The molecule has 0 heterocycles. The van der Waals surface area contributed by atoms with Gasteiger partial charge in [0.15, 0.2) is 0 Å². The number of hydrogen-bond donors (Lipinski definition) is 2. The van der Waals surface area contributed by atoms with Crippen molar-refractivity contribution in [1.82, 2.24) is 4.72 Å². The van der Waals surface area contributed by atoms with Gasteiger partial charge >= 0.3 is 5.97 Å². The number of rotatable bonds is 5. The molecule has 0 aliphatic heterocycles. The standard InChI is InChI=1S/C16H15NO4S/c18-15(19)12-6-8-14(9-7-12)22(20,21)17-16(10-11-16)13-4-2-1-3-5-13/h1-9,17H,10-11H2,(H,18,19). The van der Waals surface area contributed by atoms with Crippen LogP contribution in [0.15, 0.2) is 59.5 Å². The number of sulfonamides is 1. The molecule has 0 radical (unpaired) electrons. The number of hydrogen-bond acceptors (Lipinski definition) is 3. The minimum absolute atomic E-state index is 0.0585. The molecule has 22 heavy (non-hydrogen) atoms. The summed E-state index contributed by atoms with van der Waals surface area (Å²) < 4.78 is 27.7. The van der Waals surface area contributed by atoms with Gasteiger partial charge in [0.1, 0.15) is 0 Å². The number of carboxylic acid groups (broad SMARTS) is 1. The molecule has 0 unspecified atom stereocenters. The Hall–Kier alpha value is -2.18. The van der Waals surface area contributed by atoms with Crippen LogP contribution in [0.4, 0.5) is 0 Å². The van der Waals surface area contributed by atoms with E-state index in [0.717, 1.165) is 18.4 Å². The summed E-state index contributed by atoms with van der Waals surface area (Å²) in [6.07, 6.45) is 1.51. The van der Waals surface area contributed by atoms with E-state index < -0.39 is 21.5 Å². The van der Waals surface area contributed by atoms with E-state index in [0.29, 0.717) is 0 Å². The predicted octanol–water partition coefficient (Wildman–Crippen LogP) is 2.35. The maximum atomic E-state index is 12.5. The lowest BCUT2D eigenvalue weighted by molar-refractivity contribution is 0.0696. The van der Waals surface area contributed by atoms with Gasteiger partial charge in [0.2, 0.25) is 10.0 Å². The molecule has 114 valence electrons. The number of carboxylic acids is 1. The monoisotopic (exact) mass is 317 g/mol. The van der Waals surface area contributed by atoms with Crippen LogP contribution >= 0.6 is 0 Å². The first kappa shape index (κ1) is 14.7. The van der Waals surface area contributed by atoms with Crippen molar-refractivity contribution < 1.29 is 18.3 Å². The second-order valence-electron chi connectivity index (χ2n) is 5.38. The first-order valence-corrected chi connectivity index (χ1v) is 8.34. The Morgan fingerprint density at radius 2 is 1.59 bits per heavy atom. The molecule has 0 saturated heterocycles. The van der Waals surface area contributed by atoms with Crippen molar-refractivity contribution in [3.63, 3.8) is 0 Å². The van der Waals surface area contributed by atoms with Crippen LogP contribution in [0.25, 0.3) is 0 Å². The molecule has 6 heteroatoms. The fraction of sp³-hybridized carbons (Fsp3) is 0.188. The molecule has 5 nitrogen and oxygen atoms in total. The molecule has 0 aromatic heterocycles. The second-order valence-corrected chi connectivity index (χ2v) is 7.07. The highest BCUT2D eigenvalue weighted by Crippen LogP contribution is 2.46. The Balaban J connectivity index is 1.86. The molecular weight excluding hydrogens is 302 g/mol.